The molecule has 4 heterocycles. The quantitative estimate of drug-likeness (QED) is 0.781. The van der Waals surface area contributed by atoms with Crippen molar-refractivity contribution < 1.29 is 0 Å². The maximum absolute atomic E-state index is 4.68. The molecule has 0 spiro atoms. The van der Waals surface area contributed by atoms with Crippen molar-refractivity contribution >= 4 is 0 Å². The smallest absolute Gasteiger partial charge is 0.127 e. The minimum Gasteiger partial charge on any atom is -0.337 e. The van der Waals surface area contributed by atoms with Crippen LogP contribution >= 0.6 is 0 Å². The van der Waals surface area contributed by atoms with E-state index in [-0.39, 0.29) is 6.04 Å². The van der Waals surface area contributed by atoms with Gasteiger partial charge in [-0.1, -0.05) is 0 Å². The molecule has 0 aromatic carbocycles. The first kappa shape index (κ1) is 16.0. The molecule has 7 heteroatoms. The van der Waals surface area contributed by atoms with Gasteiger partial charge in [0.2, 0.25) is 0 Å². The van der Waals surface area contributed by atoms with E-state index in [0.717, 1.165) is 43.4 Å². The van der Waals surface area contributed by atoms with Crippen LogP contribution in [-0.4, -0.2) is 48.8 Å². The zero-order valence-electron chi connectivity index (χ0n) is 14.6. The summed E-state index contributed by atoms with van der Waals surface area (Å²) in [5.41, 5.74) is 3.34. The van der Waals surface area contributed by atoms with Crippen LogP contribution in [0.5, 0.6) is 0 Å². The summed E-state index contributed by atoms with van der Waals surface area (Å²) in [6.07, 6.45) is 9.59. The van der Waals surface area contributed by atoms with E-state index < -0.39 is 0 Å². The highest BCUT2D eigenvalue weighted by Gasteiger charge is 2.27. The van der Waals surface area contributed by atoms with Crippen molar-refractivity contribution in [2.75, 3.05) is 19.6 Å². The molecule has 3 aromatic heterocycles. The van der Waals surface area contributed by atoms with E-state index in [1.54, 1.807) is 12.4 Å². The zero-order valence-corrected chi connectivity index (χ0v) is 14.6. The van der Waals surface area contributed by atoms with Crippen LogP contribution in [-0.2, 0) is 13.6 Å². The van der Waals surface area contributed by atoms with E-state index in [1.807, 2.05) is 29.2 Å². The molecular weight excluding hydrogens is 314 g/mol. The topological polar surface area (TPSA) is 63.8 Å². The molecule has 4 rings (SSSR count). The summed E-state index contributed by atoms with van der Waals surface area (Å²) in [6, 6.07) is 4.22. The summed E-state index contributed by atoms with van der Waals surface area (Å²) in [4.78, 5) is 11.1. The molecule has 1 aliphatic heterocycles. The molecule has 1 atom stereocenters. The first-order valence-electron chi connectivity index (χ1n) is 8.60. The van der Waals surface area contributed by atoms with E-state index >= 15 is 0 Å². The van der Waals surface area contributed by atoms with Gasteiger partial charge in [0.25, 0.3) is 0 Å². The summed E-state index contributed by atoms with van der Waals surface area (Å²) >= 11 is 0. The van der Waals surface area contributed by atoms with Crippen molar-refractivity contribution in [3.8, 4) is 5.69 Å². The van der Waals surface area contributed by atoms with Gasteiger partial charge in [-0.3, -0.25) is 9.88 Å². The highest BCUT2D eigenvalue weighted by atomic mass is 15.3. The molecule has 0 amide bonds. The number of piperazine rings is 1. The van der Waals surface area contributed by atoms with Gasteiger partial charge in [0.15, 0.2) is 0 Å². The van der Waals surface area contributed by atoms with Crippen LogP contribution in [0.1, 0.15) is 23.1 Å². The summed E-state index contributed by atoms with van der Waals surface area (Å²) in [7, 11) is 2.06. The molecule has 3 aromatic rings. The van der Waals surface area contributed by atoms with Crippen LogP contribution < -0.4 is 5.32 Å². The van der Waals surface area contributed by atoms with Crippen molar-refractivity contribution in [1.82, 2.24) is 34.5 Å². The second-order valence-corrected chi connectivity index (χ2v) is 6.48. The fraction of sp³-hybridized carbons (Fsp3) is 0.389. The largest absolute Gasteiger partial charge is 0.337 e. The molecule has 25 heavy (non-hydrogen) atoms. The molecule has 1 aliphatic rings. The number of hydrogen-bond acceptors (Lipinski definition) is 5. The minimum atomic E-state index is 0.275. The second-order valence-electron chi connectivity index (χ2n) is 6.48. The predicted molar refractivity (Wildman–Crippen MR) is 95.3 cm³/mol. The zero-order chi connectivity index (χ0) is 17.2. The summed E-state index contributed by atoms with van der Waals surface area (Å²) in [5.74, 6) is 1.10. The SMILES string of the molecule is Cc1nn(-c2ccncc2)cc1CN1CCNCC1c1nccn1C. The van der Waals surface area contributed by atoms with Crippen LogP contribution in [0.15, 0.2) is 43.1 Å². The van der Waals surface area contributed by atoms with E-state index in [2.05, 4.69) is 50.0 Å². The maximum Gasteiger partial charge on any atom is 0.127 e. The molecule has 1 unspecified atom stereocenters. The second kappa shape index (κ2) is 6.78. The van der Waals surface area contributed by atoms with Gasteiger partial charge in [-0.15, -0.1) is 0 Å². The normalized spacial score (nSPS) is 18.6. The number of aryl methyl sites for hydroxylation is 2. The van der Waals surface area contributed by atoms with Gasteiger partial charge in [0, 0.05) is 69.8 Å². The molecular formula is C18H23N7. The van der Waals surface area contributed by atoms with Gasteiger partial charge in [0.1, 0.15) is 5.82 Å². The predicted octanol–water partition coefficient (Wildman–Crippen LogP) is 1.46. The van der Waals surface area contributed by atoms with Crippen molar-refractivity contribution in [3.05, 3.63) is 60.2 Å². The van der Waals surface area contributed by atoms with Crippen LogP contribution in [0.4, 0.5) is 0 Å². The van der Waals surface area contributed by atoms with Crippen LogP contribution in [0, 0.1) is 6.92 Å². The Bertz CT molecular complexity index is 836. The molecule has 0 bridgehead atoms. The van der Waals surface area contributed by atoms with Gasteiger partial charge in [0.05, 0.1) is 17.4 Å². The number of nitrogens with one attached hydrogen (secondary N) is 1. The van der Waals surface area contributed by atoms with E-state index in [0.29, 0.717) is 0 Å². The lowest BCUT2D eigenvalue weighted by atomic mass is 10.1. The Labute approximate surface area is 147 Å². The van der Waals surface area contributed by atoms with Crippen molar-refractivity contribution in [2.24, 2.45) is 7.05 Å². The molecule has 0 saturated carbocycles. The average Bonchev–Trinajstić information content (AvgIpc) is 3.22. The van der Waals surface area contributed by atoms with E-state index in [9.17, 15) is 0 Å². The van der Waals surface area contributed by atoms with E-state index in [4.69, 9.17) is 0 Å². The monoisotopic (exact) mass is 337 g/mol. The Morgan fingerprint density at radius 2 is 2.08 bits per heavy atom. The lowest BCUT2D eigenvalue weighted by molar-refractivity contribution is 0.144. The number of pyridine rings is 1. The lowest BCUT2D eigenvalue weighted by Gasteiger charge is -2.35. The first-order chi connectivity index (χ1) is 12.2. The molecule has 0 aliphatic carbocycles. The molecule has 0 radical (unpaired) electrons. The number of hydrogen-bond donors (Lipinski definition) is 1. The van der Waals surface area contributed by atoms with Crippen LogP contribution in [0.2, 0.25) is 0 Å². The molecule has 130 valence electrons. The van der Waals surface area contributed by atoms with Gasteiger partial charge < -0.3 is 9.88 Å². The lowest BCUT2D eigenvalue weighted by Crippen LogP contribution is -2.46. The highest BCUT2D eigenvalue weighted by Crippen LogP contribution is 2.24. The summed E-state index contributed by atoms with van der Waals surface area (Å²) in [5, 5.41) is 8.17. The van der Waals surface area contributed by atoms with Crippen LogP contribution in [0.25, 0.3) is 5.69 Å². The third-order valence-corrected chi connectivity index (χ3v) is 4.81. The van der Waals surface area contributed by atoms with Gasteiger partial charge in [-0.05, 0) is 19.1 Å². The summed E-state index contributed by atoms with van der Waals surface area (Å²) < 4.78 is 4.04. The third-order valence-electron chi connectivity index (χ3n) is 4.81. The first-order valence-corrected chi connectivity index (χ1v) is 8.60. The van der Waals surface area contributed by atoms with Crippen LogP contribution in [0.3, 0.4) is 0 Å². The average molecular weight is 337 g/mol. The highest BCUT2D eigenvalue weighted by molar-refractivity contribution is 5.30. The van der Waals surface area contributed by atoms with Gasteiger partial charge in [-0.25, -0.2) is 9.67 Å². The Kier molecular flexibility index (Phi) is 4.33. The van der Waals surface area contributed by atoms with Crippen molar-refractivity contribution in [2.45, 2.75) is 19.5 Å². The Morgan fingerprint density at radius 3 is 2.84 bits per heavy atom. The fourth-order valence-corrected chi connectivity index (χ4v) is 3.39. The Morgan fingerprint density at radius 1 is 1.24 bits per heavy atom. The molecule has 1 N–H and O–H groups in total. The third kappa shape index (κ3) is 3.20. The summed E-state index contributed by atoms with van der Waals surface area (Å²) in [6.45, 7) is 5.86. The number of rotatable bonds is 4. The molecule has 7 nitrogen and oxygen atoms in total. The van der Waals surface area contributed by atoms with E-state index in [1.165, 1.54) is 5.56 Å². The standard InChI is InChI=1S/C18H23N7/c1-14-15(13-25(22-14)16-3-5-19-6-4-16)12-24-10-7-20-11-17(24)18-21-8-9-23(18)2/h3-6,8-9,13,17,20H,7,10-12H2,1-2H3. The van der Waals surface area contributed by atoms with Gasteiger partial charge >= 0.3 is 0 Å². The van der Waals surface area contributed by atoms with Gasteiger partial charge in [-0.2, -0.15) is 5.10 Å². The van der Waals surface area contributed by atoms with Crippen molar-refractivity contribution in [1.29, 1.82) is 0 Å². The Hall–Kier alpha value is -2.51. The van der Waals surface area contributed by atoms with Crippen molar-refractivity contribution in [3.63, 3.8) is 0 Å². The maximum atomic E-state index is 4.68. The Balaban J connectivity index is 1.58. The molecule has 1 saturated heterocycles. The number of imidazole rings is 1. The minimum absolute atomic E-state index is 0.275. The fourth-order valence-electron chi connectivity index (χ4n) is 3.39. The molecule has 1 fully saturated rings. The number of nitrogens with zero attached hydrogens (tertiary/aromatic N) is 6. The number of aromatic nitrogens is 5.